The molecule has 0 saturated heterocycles. The monoisotopic (exact) mass is 208 g/mol. The van der Waals surface area contributed by atoms with Crippen LogP contribution in [0.5, 0.6) is 5.75 Å². The van der Waals surface area contributed by atoms with Crippen LogP contribution in [0.15, 0.2) is 18.2 Å². The molecule has 1 aliphatic rings. The van der Waals surface area contributed by atoms with Crippen molar-refractivity contribution < 1.29 is 19.7 Å². The van der Waals surface area contributed by atoms with Crippen LogP contribution in [-0.2, 0) is 11.4 Å². The van der Waals surface area contributed by atoms with Gasteiger partial charge in [0.15, 0.2) is 0 Å². The maximum Gasteiger partial charge on any atom is 0.304 e. The van der Waals surface area contributed by atoms with Crippen LogP contribution in [0.2, 0.25) is 0 Å². The first-order valence-corrected chi connectivity index (χ1v) is 4.79. The molecule has 1 aliphatic heterocycles. The Morgan fingerprint density at radius 3 is 3.00 bits per heavy atom. The van der Waals surface area contributed by atoms with Gasteiger partial charge in [-0.05, 0) is 11.6 Å². The second-order valence-electron chi connectivity index (χ2n) is 3.64. The maximum atomic E-state index is 10.6. The van der Waals surface area contributed by atoms with E-state index in [1.165, 1.54) is 0 Å². The molecule has 1 atom stereocenters. The van der Waals surface area contributed by atoms with E-state index in [1.807, 2.05) is 6.07 Å². The van der Waals surface area contributed by atoms with Crippen molar-refractivity contribution in [2.24, 2.45) is 0 Å². The first-order valence-electron chi connectivity index (χ1n) is 4.79. The molecule has 2 N–H and O–H groups in total. The summed E-state index contributed by atoms with van der Waals surface area (Å²) < 4.78 is 5.38. The minimum atomic E-state index is -0.817. The van der Waals surface area contributed by atoms with Crippen molar-refractivity contribution in [1.82, 2.24) is 0 Å². The summed E-state index contributed by atoms with van der Waals surface area (Å²) in [5.41, 5.74) is 1.71. The van der Waals surface area contributed by atoms with E-state index >= 15 is 0 Å². The summed E-state index contributed by atoms with van der Waals surface area (Å²) in [5, 5.41) is 17.6. The van der Waals surface area contributed by atoms with Crippen molar-refractivity contribution >= 4 is 5.97 Å². The Hall–Kier alpha value is -1.55. The molecule has 0 aliphatic carbocycles. The predicted molar refractivity (Wildman–Crippen MR) is 52.9 cm³/mol. The Labute approximate surface area is 87.1 Å². The molecule has 1 heterocycles. The van der Waals surface area contributed by atoms with E-state index in [0.29, 0.717) is 12.4 Å². The molecular formula is C11H12O4. The summed E-state index contributed by atoms with van der Waals surface area (Å²) in [7, 11) is 0. The lowest BCUT2D eigenvalue weighted by atomic mass is 9.97. The molecule has 1 unspecified atom stereocenters. The fraction of sp³-hybridized carbons (Fsp3) is 0.364. The number of hydrogen-bond acceptors (Lipinski definition) is 3. The van der Waals surface area contributed by atoms with E-state index in [9.17, 15) is 4.79 Å². The fourth-order valence-corrected chi connectivity index (χ4v) is 1.80. The van der Waals surface area contributed by atoms with Gasteiger partial charge >= 0.3 is 5.97 Å². The molecule has 0 amide bonds. The smallest absolute Gasteiger partial charge is 0.304 e. The van der Waals surface area contributed by atoms with Crippen LogP contribution >= 0.6 is 0 Å². The largest absolute Gasteiger partial charge is 0.493 e. The van der Waals surface area contributed by atoms with Gasteiger partial charge in [0.25, 0.3) is 0 Å². The van der Waals surface area contributed by atoms with E-state index in [2.05, 4.69) is 0 Å². The predicted octanol–water partition coefficient (Wildman–Crippen LogP) is 1.13. The number of hydrogen-bond donors (Lipinski definition) is 2. The minimum absolute atomic E-state index is 0.0275. The lowest BCUT2D eigenvalue weighted by Crippen LogP contribution is -2.07. The number of benzene rings is 1. The Bertz CT molecular complexity index is 386. The molecule has 1 aromatic rings. The highest BCUT2D eigenvalue weighted by atomic mass is 16.5. The minimum Gasteiger partial charge on any atom is -0.493 e. The molecule has 80 valence electrons. The van der Waals surface area contributed by atoms with Gasteiger partial charge in [-0.1, -0.05) is 12.1 Å². The van der Waals surface area contributed by atoms with E-state index < -0.39 is 5.97 Å². The summed E-state index contributed by atoms with van der Waals surface area (Å²) >= 11 is 0. The Kier molecular flexibility index (Phi) is 2.60. The van der Waals surface area contributed by atoms with Gasteiger partial charge in [-0.25, -0.2) is 0 Å². The molecule has 0 fully saturated rings. The Balaban J connectivity index is 2.24. The van der Waals surface area contributed by atoms with Crippen LogP contribution in [-0.4, -0.2) is 22.8 Å². The highest BCUT2D eigenvalue weighted by Gasteiger charge is 2.26. The number of aliphatic hydroxyl groups excluding tert-OH is 1. The lowest BCUT2D eigenvalue weighted by molar-refractivity contribution is -0.137. The lowest BCUT2D eigenvalue weighted by Gasteiger charge is -2.04. The number of rotatable bonds is 3. The highest BCUT2D eigenvalue weighted by molar-refractivity contribution is 5.68. The Morgan fingerprint density at radius 1 is 1.53 bits per heavy atom. The second kappa shape index (κ2) is 3.90. The topological polar surface area (TPSA) is 66.8 Å². The first kappa shape index (κ1) is 9.98. The van der Waals surface area contributed by atoms with E-state index in [0.717, 1.165) is 11.1 Å². The van der Waals surface area contributed by atoms with Crippen LogP contribution in [0.1, 0.15) is 23.5 Å². The number of ether oxygens (including phenoxy) is 1. The molecule has 0 radical (unpaired) electrons. The average molecular weight is 208 g/mol. The van der Waals surface area contributed by atoms with Gasteiger partial charge in [0.1, 0.15) is 5.75 Å². The number of carbonyl (C=O) groups is 1. The van der Waals surface area contributed by atoms with Gasteiger partial charge in [-0.15, -0.1) is 0 Å². The zero-order valence-corrected chi connectivity index (χ0v) is 8.14. The van der Waals surface area contributed by atoms with Crippen molar-refractivity contribution in [2.45, 2.75) is 18.9 Å². The highest BCUT2D eigenvalue weighted by Crippen LogP contribution is 2.36. The third-order valence-electron chi connectivity index (χ3n) is 2.56. The molecule has 0 bridgehead atoms. The Morgan fingerprint density at radius 2 is 2.33 bits per heavy atom. The van der Waals surface area contributed by atoms with Gasteiger partial charge < -0.3 is 14.9 Å². The van der Waals surface area contributed by atoms with Gasteiger partial charge in [0, 0.05) is 11.5 Å². The zero-order valence-electron chi connectivity index (χ0n) is 8.14. The van der Waals surface area contributed by atoms with Crippen LogP contribution < -0.4 is 4.74 Å². The summed E-state index contributed by atoms with van der Waals surface area (Å²) in [5.74, 6) is -0.180. The molecule has 0 aromatic heterocycles. The quantitative estimate of drug-likeness (QED) is 0.781. The van der Waals surface area contributed by atoms with Crippen LogP contribution in [0.25, 0.3) is 0 Å². The number of carboxylic acids is 1. The van der Waals surface area contributed by atoms with Gasteiger partial charge in [-0.3, -0.25) is 4.79 Å². The molecule has 1 aromatic carbocycles. The van der Waals surface area contributed by atoms with E-state index in [-0.39, 0.29) is 18.9 Å². The maximum absolute atomic E-state index is 10.6. The molecule has 0 spiro atoms. The third-order valence-corrected chi connectivity index (χ3v) is 2.56. The SMILES string of the molecule is O=C(O)CC1COc2cc(CO)ccc21. The van der Waals surface area contributed by atoms with Crippen molar-refractivity contribution in [3.63, 3.8) is 0 Å². The number of fused-ring (bicyclic) bond motifs is 1. The summed E-state index contributed by atoms with van der Waals surface area (Å²) in [6.07, 6.45) is 0.0888. The number of aliphatic carboxylic acids is 1. The summed E-state index contributed by atoms with van der Waals surface area (Å²) in [6, 6.07) is 5.39. The van der Waals surface area contributed by atoms with Gasteiger partial charge in [0.2, 0.25) is 0 Å². The third kappa shape index (κ3) is 1.94. The molecule has 4 nitrogen and oxygen atoms in total. The van der Waals surface area contributed by atoms with Crippen molar-refractivity contribution in [3.8, 4) is 5.75 Å². The van der Waals surface area contributed by atoms with Crippen molar-refractivity contribution in [2.75, 3.05) is 6.61 Å². The van der Waals surface area contributed by atoms with Gasteiger partial charge in [-0.2, -0.15) is 0 Å². The molecule has 2 rings (SSSR count). The van der Waals surface area contributed by atoms with E-state index in [1.54, 1.807) is 12.1 Å². The average Bonchev–Trinajstić information content (AvgIpc) is 2.60. The molecular weight excluding hydrogens is 196 g/mol. The normalized spacial score (nSPS) is 18.3. The molecule has 4 heteroatoms. The second-order valence-corrected chi connectivity index (χ2v) is 3.64. The van der Waals surface area contributed by atoms with Crippen molar-refractivity contribution in [1.29, 1.82) is 0 Å². The van der Waals surface area contributed by atoms with Gasteiger partial charge in [0.05, 0.1) is 19.6 Å². The standard InChI is InChI=1S/C11H12O4/c12-5-7-1-2-9-8(4-11(13)14)6-15-10(9)3-7/h1-3,8,12H,4-6H2,(H,13,14). The van der Waals surface area contributed by atoms with Crippen LogP contribution in [0.4, 0.5) is 0 Å². The number of carboxylic acid groups (broad SMARTS) is 1. The zero-order chi connectivity index (χ0) is 10.8. The summed E-state index contributed by atoms with van der Waals surface area (Å²) in [6.45, 7) is 0.386. The van der Waals surface area contributed by atoms with E-state index in [4.69, 9.17) is 14.9 Å². The van der Waals surface area contributed by atoms with Crippen LogP contribution in [0.3, 0.4) is 0 Å². The first-order chi connectivity index (χ1) is 7.20. The number of aliphatic hydroxyl groups is 1. The molecule has 0 saturated carbocycles. The van der Waals surface area contributed by atoms with Crippen LogP contribution in [0, 0.1) is 0 Å². The van der Waals surface area contributed by atoms with Crippen molar-refractivity contribution in [3.05, 3.63) is 29.3 Å². The fourth-order valence-electron chi connectivity index (χ4n) is 1.80. The molecule has 15 heavy (non-hydrogen) atoms. The summed E-state index contributed by atoms with van der Waals surface area (Å²) in [4.78, 5) is 10.6.